The lowest BCUT2D eigenvalue weighted by Crippen LogP contribution is -2.15. The van der Waals surface area contributed by atoms with Crippen molar-refractivity contribution in [3.8, 4) is 17.0 Å². The summed E-state index contributed by atoms with van der Waals surface area (Å²) in [5, 5.41) is 3.43. The first-order valence-electron chi connectivity index (χ1n) is 6.79. The molecule has 20 heavy (non-hydrogen) atoms. The molecule has 1 heterocycles. The molecule has 0 amide bonds. The molecule has 104 valence electrons. The van der Waals surface area contributed by atoms with Gasteiger partial charge in [0, 0.05) is 24.3 Å². The maximum Gasteiger partial charge on any atom is 0.145 e. The van der Waals surface area contributed by atoms with Crippen LogP contribution in [-0.2, 0) is 6.54 Å². The van der Waals surface area contributed by atoms with E-state index in [1.54, 1.807) is 25.4 Å². The minimum atomic E-state index is -0.280. The van der Waals surface area contributed by atoms with Gasteiger partial charge in [0.05, 0.1) is 7.11 Å². The van der Waals surface area contributed by atoms with Crippen LogP contribution < -0.4 is 10.1 Å². The van der Waals surface area contributed by atoms with Crippen LogP contribution in [0, 0.1) is 5.82 Å². The predicted molar refractivity (Wildman–Crippen MR) is 76.0 cm³/mol. The van der Waals surface area contributed by atoms with Gasteiger partial charge in [-0.3, -0.25) is 4.98 Å². The molecule has 1 aromatic heterocycles. The van der Waals surface area contributed by atoms with Crippen molar-refractivity contribution in [2.24, 2.45) is 0 Å². The van der Waals surface area contributed by atoms with Gasteiger partial charge in [0.1, 0.15) is 17.3 Å². The first kappa shape index (κ1) is 13.1. The summed E-state index contributed by atoms with van der Waals surface area (Å²) in [6.45, 7) is 0.757. The van der Waals surface area contributed by atoms with E-state index in [4.69, 9.17) is 4.74 Å². The van der Waals surface area contributed by atoms with Crippen molar-refractivity contribution in [3.63, 3.8) is 0 Å². The highest BCUT2D eigenvalue weighted by atomic mass is 19.1. The molecule has 4 heteroatoms. The number of hydrogen-bond donors (Lipinski definition) is 1. The summed E-state index contributed by atoms with van der Waals surface area (Å²) in [6.07, 6.45) is 4.12. The van der Waals surface area contributed by atoms with E-state index in [2.05, 4.69) is 10.3 Å². The second-order valence-electron chi connectivity index (χ2n) is 5.02. The highest BCUT2D eigenvalue weighted by molar-refractivity contribution is 5.67. The molecule has 1 aliphatic carbocycles. The average Bonchev–Trinajstić information content (AvgIpc) is 3.30. The monoisotopic (exact) mass is 272 g/mol. The number of ether oxygens (including phenoxy) is 1. The van der Waals surface area contributed by atoms with E-state index >= 15 is 0 Å². The van der Waals surface area contributed by atoms with E-state index in [9.17, 15) is 4.39 Å². The fourth-order valence-electron chi connectivity index (χ4n) is 2.17. The molecule has 0 unspecified atom stereocenters. The SMILES string of the molecule is COc1cccnc1-c1cc(CNC2CC2)ccc1F. The summed E-state index contributed by atoms with van der Waals surface area (Å²) >= 11 is 0. The minimum absolute atomic E-state index is 0.280. The smallest absolute Gasteiger partial charge is 0.145 e. The fourth-order valence-corrected chi connectivity index (χ4v) is 2.17. The van der Waals surface area contributed by atoms with Gasteiger partial charge in [-0.25, -0.2) is 4.39 Å². The summed E-state index contributed by atoms with van der Waals surface area (Å²) in [5.74, 6) is 0.302. The van der Waals surface area contributed by atoms with E-state index in [-0.39, 0.29) is 5.82 Å². The first-order chi connectivity index (χ1) is 9.78. The van der Waals surface area contributed by atoms with E-state index in [0.29, 0.717) is 23.0 Å². The quantitative estimate of drug-likeness (QED) is 0.908. The zero-order valence-electron chi connectivity index (χ0n) is 11.4. The molecule has 2 aromatic rings. The Hall–Kier alpha value is -1.94. The standard InChI is InChI=1S/C16H17FN2O/c1-20-15-3-2-8-18-16(15)13-9-11(4-7-14(13)17)10-19-12-5-6-12/h2-4,7-9,12,19H,5-6,10H2,1H3. The summed E-state index contributed by atoms with van der Waals surface area (Å²) in [4.78, 5) is 4.24. The van der Waals surface area contributed by atoms with Crippen LogP contribution in [0.15, 0.2) is 36.5 Å². The van der Waals surface area contributed by atoms with Crippen molar-refractivity contribution in [1.29, 1.82) is 0 Å². The largest absolute Gasteiger partial charge is 0.494 e. The van der Waals surface area contributed by atoms with Gasteiger partial charge in [0.25, 0.3) is 0 Å². The molecule has 0 radical (unpaired) electrons. The Morgan fingerprint density at radius 2 is 2.20 bits per heavy atom. The lowest BCUT2D eigenvalue weighted by molar-refractivity contribution is 0.414. The Kier molecular flexibility index (Phi) is 3.65. The van der Waals surface area contributed by atoms with Gasteiger partial charge < -0.3 is 10.1 Å². The van der Waals surface area contributed by atoms with Crippen molar-refractivity contribution >= 4 is 0 Å². The molecule has 1 aromatic carbocycles. The Balaban J connectivity index is 1.92. The third-order valence-electron chi connectivity index (χ3n) is 3.45. The van der Waals surface area contributed by atoms with E-state index in [1.807, 2.05) is 12.1 Å². The molecule has 0 aliphatic heterocycles. The third-order valence-corrected chi connectivity index (χ3v) is 3.45. The maximum atomic E-state index is 14.1. The molecule has 1 N–H and O–H groups in total. The Morgan fingerprint density at radius 3 is 2.95 bits per heavy atom. The van der Waals surface area contributed by atoms with Crippen LogP contribution in [0.1, 0.15) is 18.4 Å². The number of aromatic nitrogens is 1. The van der Waals surface area contributed by atoms with E-state index < -0.39 is 0 Å². The van der Waals surface area contributed by atoms with Crippen LogP contribution in [0.4, 0.5) is 4.39 Å². The number of nitrogens with zero attached hydrogens (tertiary/aromatic N) is 1. The van der Waals surface area contributed by atoms with Crippen LogP contribution in [0.2, 0.25) is 0 Å². The highest BCUT2D eigenvalue weighted by Gasteiger charge is 2.20. The number of benzene rings is 1. The van der Waals surface area contributed by atoms with Gasteiger partial charge in [-0.15, -0.1) is 0 Å². The van der Waals surface area contributed by atoms with Crippen molar-refractivity contribution in [2.75, 3.05) is 7.11 Å². The molecule has 3 rings (SSSR count). The van der Waals surface area contributed by atoms with Gasteiger partial charge in [-0.1, -0.05) is 6.07 Å². The van der Waals surface area contributed by atoms with Gasteiger partial charge >= 0.3 is 0 Å². The van der Waals surface area contributed by atoms with Gasteiger partial charge in [0.2, 0.25) is 0 Å². The summed E-state index contributed by atoms with van der Waals surface area (Å²) in [7, 11) is 1.57. The molecule has 1 fully saturated rings. The Bertz CT molecular complexity index is 611. The number of methoxy groups -OCH3 is 1. The lowest BCUT2D eigenvalue weighted by Gasteiger charge is -2.10. The molecule has 1 aliphatic rings. The molecule has 3 nitrogen and oxygen atoms in total. The Morgan fingerprint density at radius 1 is 1.35 bits per heavy atom. The van der Waals surface area contributed by atoms with Crippen molar-refractivity contribution in [2.45, 2.75) is 25.4 Å². The molecule has 0 bridgehead atoms. The van der Waals surface area contributed by atoms with Crippen molar-refractivity contribution in [1.82, 2.24) is 10.3 Å². The second kappa shape index (κ2) is 5.59. The Labute approximate surface area is 117 Å². The number of nitrogens with one attached hydrogen (secondary N) is 1. The van der Waals surface area contributed by atoms with Crippen LogP contribution in [-0.4, -0.2) is 18.1 Å². The normalized spacial score (nSPS) is 14.3. The maximum absolute atomic E-state index is 14.1. The van der Waals surface area contributed by atoms with Crippen LogP contribution >= 0.6 is 0 Å². The molecular weight excluding hydrogens is 255 g/mol. The number of halogens is 1. The molecule has 0 saturated heterocycles. The zero-order valence-corrected chi connectivity index (χ0v) is 11.4. The summed E-state index contributed by atoms with van der Waals surface area (Å²) < 4.78 is 19.3. The second-order valence-corrected chi connectivity index (χ2v) is 5.02. The summed E-state index contributed by atoms with van der Waals surface area (Å²) in [6, 6.07) is 9.34. The third kappa shape index (κ3) is 2.80. The van der Waals surface area contributed by atoms with Gasteiger partial charge in [-0.05, 0) is 42.7 Å². The van der Waals surface area contributed by atoms with Crippen LogP contribution in [0.25, 0.3) is 11.3 Å². The predicted octanol–water partition coefficient (Wildman–Crippen LogP) is 3.15. The minimum Gasteiger partial charge on any atom is -0.494 e. The van der Waals surface area contributed by atoms with Crippen LogP contribution in [0.3, 0.4) is 0 Å². The van der Waals surface area contributed by atoms with Crippen molar-refractivity contribution < 1.29 is 9.13 Å². The molecule has 1 saturated carbocycles. The fraction of sp³-hybridized carbons (Fsp3) is 0.312. The van der Waals surface area contributed by atoms with Gasteiger partial charge in [-0.2, -0.15) is 0 Å². The highest BCUT2D eigenvalue weighted by Crippen LogP contribution is 2.30. The number of pyridine rings is 1. The molecular formula is C16H17FN2O. The van der Waals surface area contributed by atoms with Gasteiger partial charge in [0.15, 0.2) is 0 Å². The average molecular weight is 272 g/mol. The molecule has 0 spiro atoms. The topological polar surface area (TPSA) is 34.1 Å². The molecule has 0 atom stereocenters. The summed E-state index contributed by atoms with van der Waals surface area (Å²) in [5.41, 5.74) is 2.08. The first-order valence-corrected chi connectivity index (χ1v) is 6.79. The van der Waals surface area contributed by atoms with Crippen molar-refractivity contribution in [3.05, 3.63) is 47.9 Å². The van der Waals surface area contributed by atoms with E-state index in [0.717, 1.165) is 12.1 Å². The van der Waals surface area contributed by atoms with Crippen LogP contribution in [0.5, 0.6) is 5.75 Å². The zero-order chi connectivity index (χ0) is 13.9. The number of rotatable bonds is 5. The number of hydrogen-bond acceptors (Lipinski definition) is 3. The lowest BCUT2D eigenvalue weighted by atomic mass is 10.1. The van der Waals surface area contributed by atoms with E-state index in [1.165, 1.54) is 18.9 Å².